The molecule has 0 unspecified atom stereocenters. The first-order valence-electron chi connectivity index (χ1n) is 11.5. The Labute approximate surface area is 212 Å². The molecule has 37 heavy (non-hydrogen) atoms. The van der Waals surface area contributed by atoms with Crippen molar-refractivity contribution in [3.8, 4) is 28.7 Å². The van der Waals surface area contributed by atoms with Gasteiger partial charge in [0, 0.05) is 11.3 Å². The Morgan fingerprint density at radius 2 is 1.57 bits per heavy atom. The van der Waals surface area contributed by atoms with Crippen LogP contribution in [-0.4, -0.2) is 40.5 Å². The second-order valence-electron chi connectivity index (χ2n) is 8.29. The molecule has 9 heteroatoms. The molecule has 1 aromatic heterocycles. The normalized spacial score (nSPS) is 16.0. The van der Waals surface area contributed by atoms with Gasteiger partial charge in [-0.05, 0) is 42.5 Å². The van der Waals surface area contributed by atoms with Crippen molar-refractivity contribution < 1.29 is 32.9 Å². The maximum absolute atomic E-state index is 13.6. The molecular weight excluding hydrogens is 478 g/mol. The monoisotopic (exact) mass is 503 g/mol. The molecule has 1 N–H and O–H groups in total. The zero-order valence-electron chi connectivity index (χ0n) is 20.7. The van der Waals surface area contributed by atoms with Crippen molar-refractivity contribution in [2.75, 3.05) is 33.8 Å². The SMILES string of the molecule is COc1ccc(NC(=O)[C@H]2Oc3c(c(=O)oc4ccccc34)[C@@H]2c2ccc(OC)c(OC)c2OC)cc1. The highest BCUT2D eigenvalue weighted by atomic mass is 16.5. The van der Waals surface area contributed by atoms with Crippen molar-refractivity contribution in [1.82, 2.24) is 0 Å². The lowest BCUT2D eigenvalue weighted by Gasteiger charge is -2.22. The number of carbonyl (C=O) groups is 1. The van der Waals surface area contributed by atoms with E-state index in [9.17, 15) is 9.59 Å². The van der Waals surface area contributed by atoms with E-state index in [-0.39, 0.29) is 5.56 Å². The van der Waals surface area contributed by atoms with Crippen LogP contribution >= 0.6 is 0 Å². The van der Waals surface area contributed by atoms with E-state index < -0.39 is 23.6 Å². The largest absolute Gasteiger partial charge is 0.497 e. The van der Waals surface area contributed by atoms with Crippen LogP contribution < -0.4 is 34.6 Å². The Hall–Kier alpha value is -4.66. The van der Waals surface area contributed by atoms with Crippen molar-refractivity contribution in [1.29, 1.82) is 0 Å². The summed E-state index contributed by atoms with van der Waals surface area (Å²) in [6.07, 6.45) is -1.11. The molecule has 0 saturated carbocycles. The van der Waals surface area contributed by atoms with E-state index in [2.05, 4.69) is 5.32 Å². The molecule has 5 rings (SSSR count). The predicted octanol–water partition coefficient (Wildman–Crippen LogP) is 4.36. The van der Waals surface area contributed by atoms with Crippen LogP contribution in [0.3, 0.4) is 0 Å². The topological polar surface area (TPSA) is 105 Å². The molecule has 0 saturated heterocycles. The fourth-order valence-electron chi connectivity index (χ4n) is 4.66. The average molecular weight is 504 g/mol. The minimum Gasteiger partial charge on any atom is -0.497 e. The summed E-state index contributed by atoms with van der Waals surface area (Å²) < 4.78 is 33.7. The van der Waals surface area contributed by atoms with Crippen LogP contribution in [0.5, 0.6) is 28.7 Å². The van der Waals surface area contributed by atoms with Gasteiger partial charge in [0.2, 0.25) is 5.75 Å². The van der Waals surface area contributed by atoms with Gasteiger partial charge in [-0.25, -0.2) is 4.79 Å². The lowest BCUT2D eigenvalue weighted by molar-refractivity contribution is -0.122. The summed E-state index contributed by atoms with van der Waals surface area (Å²) in [6, 6.07) is 17.3. The van der Waals surface area contributed by atoms with Crippen molar-refractivity contribution >= 4 is 22.6 Å². The lowest BCUT2D eigenvalue weighted by Crippen LogP contribution is -2.35. The summed E-state index contributed by atoms with van der Waals surface area (Å²) in [5.41, 5.74) is 1.03. The lowest BCUT2D eigenvalue weighted by atomic mass is 9.87. The van der Waals surface area contributed by atoms with Gasteiger partial charge in [0.25, 0.3) is 5.91 Å². The van der Waals surface area contributed by atoms with Crippen LogP contribution in [0.4, 0.5) is 5.69 Å². The van der Waals surface area contributed by atoms with E-state index in [1.54, 1.807) is 61.7 Å². The third-order valence-corrected chi connectivity index (χ3v) is 6.34. The van der Waals surface area contributed by atoms with Gasteiger partial charge in [0.1, 0.15) is 17.1 Å². The Morgan fingerprint density at radius 1 is 0.838 bits per heavy atom. The maximum atomic E-state index is 13.6. The van der Waals surface area contributed by atoms with Gasteiger partial charge >= 0.3 is 5.63 Å². The molecule has 2 heterocycles. The van der Waals surface area contributed by atoms with Crippen molar-refractivity contribution in [3.05, 3.63) is 82.2 Å². The van der Waals surface area contributed by atoms with E-state index in [0.717, 1.165) is 0 Å². The van der Waals surface area contributed by atoms with Gasteiger partial charge in [-0.15, -0.1) is 0 Å². The van der Waals surface area contributed by atoms with Crippen LogP contribution in [0.25, 0.3) is 11.0 Å². The fraction of sp³-hybridized carbons (Fsp3) is 0.214. The number of hydrogen-bond donors (Lipinski definition) is 1. The highest BCUT2D eigenvalue weighted by molar-refractivity contribution is 5.98. The predicted molar refractivity (Wildman–Crippen MR) is 136 cm³/mol. The van der Waals surface area contributed by atoms with Crippen LogP contribution in [0, 0.1) is 0 Å². The first-order valence-corrected chi connectivity index (χ1v) is 11.5. The second kappa shape index (κ2) is 9.77. The first-order chi connectivity index (χ1) is 18.0. The number of para-hydroxylation sites is 1. The summed E-state index contributed by atoms with van der Waals surface area (Å²) in [5.74, 6) is 0.721. The maximum Gasteiger partial charge on any atom is 0.344 e. The van der Waals surface area contributed by atoms with E-state index >= 15 is 0 Å². The van der Waals surface area contributed by atoms with Crippen LogP contribution in [0.1, 0.15) is 17.0 Å². The molecule has 0 aliphatic carbocycles. The summed E-state index contributed by atoms with van der Waals surface area (Å²) in [4.78, 5) is 26.9. The molecule has 190 valence electrons. The van der Waals surface area contributed by atoms with Crippen LogP contribution in [0.2, 0.25) is 0 Å². The van der Waals surface area contributed by atoms with Gasteiger partial charge in [-0.3, -0.25) is 4.79 Å². The number of anilines is 1. The van der Waals surface area contributed by atoms with Crippen molar-refractivity contribution in [3.63, 3.8) is 0 Å². The molecule has 1 aliphatic rings. The van der Waals surface area contributed by atoms with Crippen molar-refractivity contribution in [2.45, 2.75) is 12.0 Å². The Balaban J connectivity index is 1.68. The van der Waals surface area contributed by atoms with E-state index in [0.29, 0.717) is 51.0 Å². The van der Waals surface area contributed by atoms with E-state index in [1.807, 2.05) is 6.07 Å². The second-order valence-corrected chi connectivity index (χ2v) is 8.29. The molecule has 3 aromatic carbocycles. The summed E-state index contributed by atoms with van der Waals surface area (Å²) >= 11 is 0. The number of rotatable bonds is 7. The number of carbonyl (C=O) groups excluding carboxylic acids is 1. The van der Waals surface area contributed by atoms with Gasteiger partial charge in [-0.1, -0.05) is 18.2 Å². The quantitative estimate of drug-likeness (QED) is 0.371. The van der Waals surface area contributed by atoms with Gasteiger partial charge < -0.3 is 33.4 Å². The minimum absolute atomic E-state index is 0.221. The van der Waals surface area contributed by atoms with Crippen LogP contribution in [-0.2, 0) is 4.79 Å². The number of amides is 1. The molecular formula is C28H25NO8. The van der Waals surface area contributed by atoms with Gasteiger partial charge in [0.15, 0.2) is 17.6 Å². The fourth-order valence-corrected chi connectivity index (χ4v) is 4.66. The molecule has 9 nitrogen and oxygen atoms in total. The molecule has 0 bridgehead atoms. The smallest absolute Gasteiger partial charge is 0.344 e. The average Bonchev–Trinajstić information content (AvgIpc) is 3.34. The van der Waals surface area contributed by atoms with E-state index in [1.165, 1.54) is 21.3 Å². The molecule has 1 aliphatic heterocycles. The summed E-state index contributed by atoms with van der Waals surface area (Å²) in [5, 5.41) is 3.46. The molecule has 4 aromatic rings. The van der Waals surface area contributed by atoms with Crippen molar-refractivity contribution in [2.24, 2.45) is 0 Å². The highest BCUT2D eigenvalue weighted by Gasteiger charge is 2.46. The number of benzene rings is 3. The molecule has 0 spiro atoms. The van der Waals surface area contributed by atoms with E-state index in [4.69, 9.17) is 28.1 Å². The Morgan fingerprint density at radius 3 is 2.24 bits per heavy atom. The number of ether oxygens (including phenoxy) is 5. The number of nitrogens with one attached hydrogen (secondary N) is 1. The zero-order chi connectivity index (χ0) is 26.1. The van der Waals surface area contributed by atoms with Gasteiger partial charge in [0.05, 0.1) is 45.3 Å². The number of fused-ring (bicyclic) bond motifs is 3. The molecule has 0 fully saturated rings. The summed E-state index contributed by atoms with van der Waals surface area (Å²) in [7, 11) is 6.04. The summed E-state index contributed by atoms with van der Waals surface area (Å²) in [6.45, 7) is 0. The third kappa shape index (κ3) is 4.08. The zero-order valence-corrected chi connectivity index (χ0v) is 20.7. The number of methoxy groups -OCH3 is 4. The molecule has 1 amide bonds. The molecule has 0 radical (unpaired) electrons. The minimum atomic E-state index is -1.11. The highest BCUT2D eigenvalue weighted by Crippen LogP contribution is 2.50. The van der Waals surface area contributed by atoms with Gasteiger partial charge in [-0.2, -0.15) is 0 Å². The number of hydrogen-bond acceptors (Lipinski definition) is 8. The third-order valence-electron chi connectivity index (χ3n) is 6.34. The standard InChI is InChI=1S/C28H25NO8/c1-32-16-11-9-15(10-12-16)29-27(30)26-21(18-13-14-20(33-2)25(35-4)24(18)34-3)22-23(37-26)17-7-5-6-8-19(17)36-28(22)31/h5-14,21,26H,1-4H3,(H,29,30)/t21-,26-/m0/s1. The Kier molecular flexibility index (Phi) is 6.35. The Bertz CT molecular complexity index is 1530. The molecule has 2 atom stereocenters. The first kappa shape index (κ1) is 24.1. The van der Waals surface area contributed by atoms with Crippen LogP contribution in [0.15, 0.2) is 69.9 Å².